The Labute approximate surface area is 145 Å². The van der Waals surface area contributed by atoms with Crippen molar-refractivity contribution in [1.82, 2.24) is 4.98 Å². The number of amides is 1. The van der Waals surface area contributed by atoms with Gasteiger partial charge in [-0.3, -0.25) is 4.79 Å². The lowest BCUT2D eigenvalue weighted by molar-refractivity contribution is -0.137. The average Bonchev–Trinajstić information content (AvgIpc) is 2.54. The van der Waals surface area contributed by atoms with Crippen LogP contribution in [0.25, 0.3) is 0 Å². The molecule has 2 aromatic rings. The van der Waals surface area contributed by atoms with Crippen LogP contribution in [0.2, 0.25) is 5.15 Å². The minimum atomic E-state index is -4.46. The number of benzene rings is 1. The summed E-state index contributed by atoms with van der Waals surface area (Å²) in [6.07, 6.45) is -4.26. The largest absolute Gasteiger partial charge is 0.449 e. The molecule has 2 rings (SSSR count). The molecule has 1 amide bonds. The van der Waals surface area contributed by atoms with Crippen LogP contribution >= 0.6 is 11.6 Å². The van der Waals surface area contributed by atoms with Crippen molar-refractivity contribution in [3.63, 3.8) is 0 Å². The molecule has 0 saturated heterocycles. The summed E-state index contributed by atoms with van der Waals surface area (Å²) in [6, 6.07) is 6.75. The molecule has 1 N–H and O–H groups in total. The molecular weight excluding hydrogens is 361 g/mol. The van der Waals surface area contributed by atoms with E-state index in [0.717, 1.165) is 24.3 Å². The van der Waals surface area contributed by atoms with Crippen LogP contribution in [0.5, 0.6) is 0 Å². The van der Waals surface area contributed by atoms with E-state index in [1.165, 1.54) is 25.3 Å². The number of hydrogen-bond acceptors (Lipinski definition) is 4. The number of aromatic nitrogens is 1. The molecule has 0 aliphatic carbocycles. The van der Waals surface area contributed by atoms with E-state index in [0.29, 0.717) is 0 Å². The van der Waals surface area contributed by atoms with Gasteiger partial charge in [0.25, 0.3) is 5.91 Å². The summed E-state index contributed by atoms with van der Waals surface area (Å²) in [5, 5.41) is 2.29. The first-order valence-corrected chi connectivity index (χ1v) is 7.36. The number of rotatable bonds is 4. The number of nitrogens with zero attached hydrogens (tertiary/aromatic N) is 1. The molecule has 0 aliphatic rings. The molecule has 9 heteroatoms. The number of anilines is 1. The molecule has 1 aromatic carbocycles. The standard InChI is InChI=1S/C16H12ClF3N2O3/c1-9(25-15(24)12-3-2-8-21-13(12)17)14(23)22-11-6-4-10(5-7-11)16(18,19)20/h2-9H,1H3,(H,22,23)/t9-/m1/s1. The van der Waals surface area contributed by atoms with Gasteiger partial charge in [0.2, 0.25) is 0 Å². The summed E-state index contributed by atoms with van der Waals surface area (Å²) in [5.74, 6) is -1.54. The van der Waals surface area contributed by atoms with Crippen molar-refractivity contribution < 1.29 is 27.5 Å². The number of hydrogen-bond donors (Lipinski definition) is 1. The van der Waals surface area contributed by atoms with Crippen LogP contribution in [0.4, 0.5) is 18.9 Å². The van der Waals surface area contributed by atoms with Crippen LogP contribution in [0.1, 0.15) is 22.8 Å². The second kappa shape index (κ2) is 7.52. The predicted molar refractivity (Wildman–Crippen MR) is 84.2 cm³/mol. The minimum absolute atomic E-state index is 0.00153. The first-order chi connectivity index (χ1) is 11.7. The number of esters is 1. The number of pyridine rings is 1. The predicted octanol–water partition coefficient (Wildman–Crippen LogP) is 3.94. The van der Waals surface area contributed by atoms with Crippen molar-refractivity contribution in [2.45, 2.75) is 19.2 Å². The third-order valence-electron chi connectivity index (χ3n) is 3.11. The molecule has 0 bridgehead atoms. The summed E-state index contributed by atoms with van der Waals surface area (Å²) < 4.78 is 42.4. The Kier molecular flexibility index (Phi) is 5.63. The van der Waals surface area contributed by atoms with Gasteiger partial charge in [-0.05, 0) is 43.3 Å². The second-order valence-corrected chi connectivity index (χ2v) is 5.31. The maximum absolute atomic E-state index is 12.5. The highest BCUT2D eigenvalue weighted by Crippen LogP contribution is 2.29. The molecule has 0 fully saturated rings. The number of ether oxygens (including phenoxy) is 1. The maximum Gasteiger partial charge on any atom is 0.416 e. The van der Waals surface area contributed by atoms with Crippen LogP contribution < -0.4 is 5.32 Å². The van der Waals surface area contributed by atoms with Gasteiger partial charge in [0, 0.05) is 11.9 Å². The van der Waals surface area contributed by atoms with Crippen molar-refractivity contribution in [2.24, 2.45) is 0 Å². The molecule has 0 aliphatic heterocycles. The van der Waals surface area contributed by atoms with Gasteiger partial charge < -0.3 is 10.1 Å². The molecule has 1 atom stereocenters. The third kappa shape index (κ3) is 4.93. The van der Waals surface area contributed by atoms with E-state index >= 15 is 0 Å². The molecule has 0 spiro atoms. The number of nitrogens with one attached hydrogen (secondary N) is 1. The highest BCUT2D eigenvalue weighted by Gasteiger charge is 2.30. The molecule has 132 valence electrons. The van der Waals surface area contributed by atoms with Crippen molar-refractivity contribution in [3.05, 3.63) is 58.9 Å². The molecule has 1 heterocycles. The van der Waals surface area contributed by atoms with Crippen molar-refractivity contribution in [3.8, 4) is 0 Å². The summed E-state index contributed by atoms with van der Waals surface area (Å²) in [7, 11) is 0. The van der Waals surface area contributed by atoms with Crippen LogP contribution in [-0.4, -0.2) is 23.0 Å². The summed E-state index contributed by atoms with van der Waals surface area (Å²) in [5.41, 5.74) is -0.699. The van der Waals surface area contributed by atoms with Crippen molar-refractivity contribution in [2.75, 3.05) is 5.32 Å². The van der Waals surface area contributed by atoms with E-state index in [1.54, 1.807) is 0 Å². The van der Waals surface area contributed by atoms with Gasteiger partial charge in [-0.1, -0.05) is 11.6 Å². The van der Waals surface area contributed by atoms with Crippen LogP contribution in [0.3, 0.4) is 0 Å². The van der Waals surface area contributed by atoms with Gasteiger partial charge >= 0.3 is 12.1 Å². The summed E-state index contributed by atoms with van der Waals surface area (Å²) >= 11 is 5.76. The summed E-state index contributed by atoms with van der Waals surface area (Å²) in [6.45, 7) is 1.32. The first-order valence-electron chi connectivity index (χ1n) is 6.98. The fourth-order valence-corrected chi connectivity index (χ4v) is 2.00. The fraction of sp³-hybridized carbons (Fsp3) is 0.188. The Morgan fingerprint density at radius 2 is 1.84 bits per heavy atom. The lowest BCUT2D eigenvalue weighted by Crippen LogP contribution is -2.30. The molecule has 0 radical (unpaired) electrons. The average molecular weight is 373 g/mol. The van der Waals surface area contributed by atoms with Gasteiger partial charge in [-0.15, -0.1) is 0 Å². The SMILES string of the molecule is C[C@@H](OC(=O)c1cccnc1Cl)C(=O)Nc1ccc(C(F)(F)F)cc1. The van der Waals surface area contributed by atoms with E-state index in [-0.39, 0.29) is 16.4 Å². The molecular formula is C16H12ClF3N2O3. The number of alkyl halides is 3. The second-order valence-electron chi connectivity index (χ2n) is 4.95. The van der Waals surface area contributed by atoms with Crippen LogP contribution in [0.15, 0.2) is 42.6 Å². The maximum atomic E-state index is 12.5. The Morgan fingerprint density at radius 1 is 1.20 bits per heavy atom. The van der Waals surface area contributed by atoms with E-state index < -0.39 is 29.7 Å². The van der Waals surface area contributed by atoms with E-state index in [2.05, 4.69) is 10.3 Å². The highest BCUT2D eigenvalue weighted by molar-refractivity contribution is 6.32. The van der Waals surface area contributed by atoms with Crippen molar-refractivity contribution >= 4 is 29.2 Å². The lowest BCUT2D eigenvalue weighted by atomic mass is 10.2. The Bertz CT molecular complexity index is 779. The first kappa shape index (κ1) is 18.7. The lowest BCUT2D eigenvalue weighted by Gasteiger charge is -2.14. The van der Waals surface area contributed by atoms with Crippen LogP contribution in [-0.2, 0) is 15.7 Å². The normalized spacial score (nSPS) is 12.4. The third-order valence-corrected chi connectivity index (χ3v) is 3.41. The fourth-order valence-electron chi connectivity index (χ4n) is 1.80. The summed E-state index contributed by atoms with van der Waals surface area (Å²) in [4.78, 5) is 27.6. The topological polar surface area (TPSA) is 68.3 Å². The highest BCUT2D eigenvalue weighted by atomic mass is 35.5. The monoisotopic (exact) mass is 372 g/mol. The van der Waals surface area contributed by atoms with E-state index in [1.807, 2.05) is 0 Å². The smallest absolute Gasteiger partial charge is 0.416 e. The van der Waals surface area contributed by atoms with Crippen LogP contribution in [0, 0.1) is 0 Å². The zero-order valence-electron chi connectivity index (χ0n) is 12.8. The molecule has 0 unspecified atom stereocenters. The van der Waals surface area contributed by atoms with Gasteiger partial charge in [-0.25, -0.2) is 9.78 Å². The Balaban J connectivity index is 1.98. The molecule has 5 nitrogen and oxygen atoms in total. The zero-order valence-corrected chi connectivity index (χ0v) is 13.6. The zero-order chi connectivity index (χ0) is 18.6. The Hall–Kier alpha value is -2.61. The minimum Gasteiger partial charge on any atom is -0.449 e. The quantitative estimate of drug-likeness (QED) is 0.652. The van der Waals surface area contributed by atoms with Crippen molar-refractivity contribution in [1.29, 1.82) is 0 Å². The van der Waals surface area contributed by atoms with Gasteiger partial charge in [0.1, 0.15) is 5.15 Å². The molecule has 0 saturated carbocycles. The number of halogens is 4. The van der Waals surface area contributed by atoms with Gasteiger partial charge in [0.05, 0.1) is 11.1 Å². The molecule has 1 aromatic heterocycles. The van der Waals surface area contributed by atoms with E-state index in [4.69, 9.17) is 16.3 Å². The number of carbonyl (C=O) groups is 2. The van der Waals surface area contributed by atoms with Gasteiger partial charge in [0.15, 0.2) is 6.10 Å². The Morgan fingerprint density at radius 3 is 2.40 bits per heavy atom. The number of carbonyl (C=O) groups excluding carboxylic acids is 2. The van der Waals surface area contributed by atoms with Gasteiger partial charge in [-0.2, -0.15) is 13.2 Å². The molecule has 25 heavy (non-hydrogen) atoms. The van der Waals surface area contributed by atoms with E-state index in [9.17, 15) is 22.8 Å².